The predicted octanol–water partition coefficient (Wildman–Crippen LogP) is 3.56. The number of benzene rings is 1. The summed E-state index contributed by atoms with van der Waals surface area (Å²) in [4.78, 5) is 7.36. The predicted molar refractivity (Wildman–Crippen MR) is 132 cm³/mol. The Hall–Kier alpha value is -0.860. The van der Waals surface area contributed by atoms with Gasteiger partial charge in [0.1, 0.15) is 0 Å². The molecule has 1 heterocycles. The molecule has 1 aliphatic carbocycles. The van der Waals surface area contributed by atoms with Gasteiger partial charge in [0.25, 0.3) is 0 Å². The Balaban J connectivity index is 0.00000300. The molecule has 6 heteroatoms. The van der Waals surface area contributed by atoms with E-state index >= 15 is 0 Å². The number of aliphatic hydroxyl groups excluding tert-OH is 1. The van der Waals surface area contributed by atoms with Crippen LogP contribution in [0.25, 0.3) is 0 Å². The van der Waals surface area contributed by atoms with Gasteiger partial charge in [0, 0.05) is 38.1 Å². The first-order valence-electron chi connectivity index (χ1n) is 11.3. The molecule has 2 fully saturated rings. The van der Waals surface area contributed by atoms with Crippen molar-refractivity contribution in [2.45, 2.75) is 76.5 Å². The maximum atomic E-state index is 10.3. The maximum Gasteiger partial charge on any atom is 0.191 e. The van der Waals surface area contributed by atoms with E-state index in [1.165, 1.54) is 58.0 Å². The van der Waals surface area contributed by atoms with Crippen LogP contribution in [0, 0.1) is 0 Å². The molecule has 3 rings (SSSR count). The lowest BCUT2D eigenvalue weighted by molar-refractivity contribution is 0.119. The smallest absolute Gasteiger partial charge is 0.191 e. The van der Waals surface area contributed by atoms with Gasteiger partial charge in [0.2, 0.25) is 0 Å². The number of rotatable bonds is 7. The molecule has 0 radical (unpaired) electrons. The van der Waals surface area contributed by atoms with E-state index < -0.39 is 6.10 Å². The average Bonchev–Trinajstić information content (AvgIpc) is 2.74. The summed E-state index contributed by atoms with van der Waals surface area (Å²) < 4.78 is 0. The minimum absolute atomic E-state index is 0. The van der Waals surface area contributed by atoms with Gasteiger partial charge in [-0.2, -0.15) is 0 Å². The molecule has 1 aromatic carbocycles. The minimum atomic E-state index is -0.453. The summed E-state index contributed by atoms with van der Waals surface area (Å²) in [6.07, 6.45) is 9.56. The van der Waals surface area contributed by atoms with Gasteiger partial charge in [0.15, 0.2) is 5.96 Å². The molecule has 2 aliphatic rings. The Labute approximate surface area is 193 Å². The summed E-state index contributed by atoms with van der Waals surface area (Å²) in [6.45, 7) is 5.73. The Kier molecular flexibility index (Phi) is 11.3. The molecule has 0 bridgehead atoms. The van der Waals surface area contributed by atoms with E-state index in [0.29, 0.717) is 19.0 Å². The van der Waals surface area contributed by atoms with Crippen LogP contribution < -0.4 is 10.6 Å². The van der Waals surface area contributed by atoms with E-state index in [4.69, 9.17) is 0 Å². The van der Waals surface area contributed by atoms with E-state index in [1.54, 1.807) is 0 Å². The van der Waals surface area contributed by atoms with Crippen molar-refractivity contribution in [2.24, 2.45) is 4.99 Å². The number of guanidine groups is 1. The van der Waals surface area contributed by atoms with Crippen LogP contribution in [0.2, 0.25) is 0 Å². The number of hydrogen-bond donors (Lipinski definition) is 3. The van der Waals surface area contributed by atoms with Crippen molar-refractivity contribution >= 4 is 29.9 Å². The summed E-state index contributed by atoms with van der Waals surface area (Å²) in [5, 5.41) is 17.3. The lowest BCUT2D eigenvalue weighted by Gasteiger charge is -2.39. The topological polar surface area (TPSA) is 59.9 Å². The molecule has 5 nitrogen and oxygen atoms in total. The Morgan fingerprint density at radius 3 is 2.45 bits per heavy atom. The quantitative estimate of drug-likeness (QED) is 0.296. The zero-order valence-electron chi connectivity index (χ0n) is 17.9. The van der Waals surface area contributed by atoms with Crippen molar-refractivity contribution in [1.82, 2.24) is 15.5 Å². The fourth-order valence-electron chi connectivity index (χ4n) is 4.52. The first kappa shape index (κ1) is 24.4. The number of nitrogens with zero attached hydrogens (tertiary/aromatic N) is 2. The largest absolute Gasteiger partial charge is 0.391 e. The van der Waals surface area contributed by atoms with Gasteiger partial charge in [0.05, 0.1) is 12.6 Å². The van der Waals surface area contributed by atoms with E-state index in [-0.39, 0.29) is 24.0 Å². The Morgan fingerprint density at radius 2 is 1.79 bits per heavy atom. The molecule has 29 heavy (non-hydrogen) atoms. The van der Waals surface area contributed by atoms with Crippen LogP contribution in [0.4, 0.5) is 0 Å². The second-order valence-electron chi connectivity index (χ2n) is 8.31. The summed E-state index contributed by atoms with van der Waals surface area (Å²) in [7, 11) is 0. The van der Waals surface area contributed by atoms with Gasteiger partial charge in [-0.15, -0.1) is 24.0 Å². The van der Waals surface area contributed by atoms with Gasteiger partial charge in [-0.3, -0.25) is 4.99 Å². The van der Waals surface area contributed by atoms with E-state index in [2.05, 4.69) is 39.6 Å². The second-order valence-corrected chi connectivity index (χ2v) is 8.31. The van der Waals surface area contributed by atoms with Crippen molar-refractivity contribution in [3.63, 3.8) is 0 Å². The highest BCUT2D eigenvalue weighted by molar-refractivity contribution is 14.0. The van der Waals surface area contributed by atoms with Gasteiger partial charge >= 0.3 is 0 Å². The molecule has 1 saturated heterocycles. The van der Waals surface area contributed by atoms with E-state index in [0.717, 1.165) is 24.1 Å². The molecule has 0 spiro atoms. The third-order valence-corrected chi connectivity index (χ3v) is 6.08. The number of halogens is 1. The summed E-state index contributed by atoms with van der Waals surface area (Å²) in [5.41, 5.74) is 1.15. The van der Waals surface area contributed by atoms with Gasteiger partial charge in [-0.25, -0.2) is 0 Å². The number of piperidine rings is 1. The zero-order valence-corrected chi connectivity index (χ0v) is 20.2. The number of likely N-dealkylation sites (tertiary alicyclic amines) is 1. The van der Waals surface area contributed by atoms with Crippen LogP contribution in [0.3, 0.4) is 0 Å². The van der Waals surface area contributed by atoms with Crippen LogP contribution in [-0.2, 0) is 6.42 Å². The lowest BCUT2D eigenvalue weighted by Crippen LogP contribution is -2.51. The number of aliphatic hydroxyl groups is 1. The summed E-state index contributed by atoms with van der Waals surface area (Å²) in [6, 6.07) is 11.4. The Morgan fingerprint density at radius 1 is 1.10 bits per heavy atom. The third-order valence-electron chi connectivity index (χ3n) is 6.08. The Bertz CT molecular complexity index is 584. The van der Waals surface area contributed by atoms with Crippen molar-refractivity contribution in [2.75, 3.05) is 26.2 Å². The van der Waals surface area contributed by atoms with Crippen molar-refractivity contribution < 1.29 is 5.11 Å². The normalized spacial score (nSPS) is 20.7. The molecule has 0 amide bonds. The highest BCUT2D eigenvalue weighted by Crippen LogP contribution is 2.25. The van der Waals surface area contributed by atoms with Crippen molar-refractivity contribution in [1.29, 1.82) is 0 Å². The van der Waals surface area contributed by atoms with Crippen LogP contribution in [0.1, 0.15) is 57.4 Å². The molecule has 1 atom stereocenters. The van der Waals surface area contributed by atoms with E-state index in [1.807, 2.05) is 18.2 Å². The fraction of sp³-hybridized carbons (Fsp3) is 0.696. The summed E-state index contributed by atoms with van der Waals surface area (Å²) >= 11 is 0. The van der Waals surface area contributed by atoms with Gasteiger partial charge < -0.3 is 20.6 Å². The molecule has 0 aromatic heterocycles. The van der Waals surface area contributed by atoms with E-state index in [9.17, 15) is 5.11 Å². The van der Waals surface area contributed by atoms with Crippen LogP contribution in [0.5, 0.6) is 0 Å². The standard InChI is InChI=1S/C23H38N4O.HI/c1-2-24-23(25-18-22(28)17-19-9-5-3-6-10-19)26-20-13-15-27(16-14-20)21-11-7-4-8-12-21;/h3,5-6,9-10,20-22,28H,2,4,7-8,11-18H2,1H3,(H2,24,25,26);1H. The van der Waals surface area contributed by atoms with Crippen LogP contribution in [0.15, 0.2) is 35.3 Å². The molecule has 164 valence electrons. The number of aliphatic imine (C=N–C) groups is 1. The first-order valence-corrected chi connectivity index (χ1v) is 11.3. The van der Waals surface area contributed by atoms with Crippen LogP contribution in [-0.4, -0.2) is 60.3 Å². The highest BCUT2D eigenvalue weighted by Gasteiger charge is 2.26. The van der Waals surface area contributed by atoms with Gasteiger partial charge in [-0.1, -0.05) is 49.6 Å². The average molecular weight is 514 g/mol. The van der Waals surface area contributed by atoms with Gasteiger partial charge in [-0.05, 0) is 38.2 Å². The highest BCUT2D eigenvalue weighted by atomic mass is 127. The second kappa shape index (κ2) is 13.4. The summed E-state index contributed by atoms with van der Waals surface area (Å²) in [5.74, 6) is 0.839. The maximum absolute atomic E-state index is 10.3. The number of hydrogen-bond acceptors (Lipinski definition) is 3. The van der Waals surface area contributed by atoms with Crippen molar-refractivity contribution in [3.8, 4) is 0 Å². The fourth-order valence-corrected chi connectivity index (χ4v) is 4.52. The first-order chi connectivity index (χ1) is 13.7. The minimum Gasteiger partial charge on any atom is -0.391 e. The molecular formula is C23H39IN4O. The molecule has 1 unspecified atom stereocenters. The SMILES string of the molecule is CCNC(=NCC(O)Cc1ccccc1)NC1CCN(C2CCCCC2)CC1.I. The lowest BCUT2D eigenvalue weighted by atomic mass is 9.92. The van der Waals surface area contributed by atoms with Crippen molar-refractivity contribution in [3.05, 3.63) is 35.9 Å². The molecular weight excluding hydrogens is 475 g/mol. The van der Waals surface area contributed by atoms with Crippen LogP contribution >= 0.6 is 24.0 Å². The number of nitrogens with one attached hydrogen (secondary N) is 2. The molecule has 3 N–H and O–H groups in total. The monoisotopic (exact) mass is 514 g/mol. The molecule has 1 aliphatic heterocycles. The molecule has 1 aromatic rings. The third kappa shape index (κ3) is 8.42. The zero-order chi connectivity index (χ0) is 19.6. The molecule has 1 saturated carbocycles.